The van der Waals surface area contributed by atoms with E-state index in [0.29, 0.717) is 61.9 Å². The van der Waals surface area contributed by atoms with Crippen LogP contribution in [0.25, 0.3) is 0 Å². The van der Waals surface area contributed by atoms with Crippen LogP contribution in [-0.4, -0.2) is 80.0 Å². The van der Waals surface area contributed by atoms with Crippen LogP contribution in [0, 0.1) is 22.7 Å². The van der Waals surface area contributed by atoms with Crippen LogP contribution >= 0.6 is 0 Å². The predicted octanol–water partition coefficient (Wildman–Crippen LogP) is 17.6. The van der Waals surface area contributed by atoms with E-state index in [-0.39, 0.29) is 36.0 Å². The summed E-state index contributed by atoms with van der Waals surface area (Å²) in [5, 5.41) is 0. The van der Waals surface area contributed by atoms with Gasteiger partial charge in [0.15, 0.2) is 25.2 Å². The van der Waals surface area contributed by atoms with E-state index in [1.165, 1.54) is 22.3 Å². The highest BCUT2D eigenvalue weighted by molar-refractivity contribution is 5.22. The number of benzene rings is 4. The maximum atomic E-state index is 5.81. The van der Waals surface area contributed by atoms with Crippen LogP contribution in [0.5, 0.6) is 0 Å². The van der Waals surface area contributed by atoms with E-state index >= 15 is 0 Å². The van der Waals surface area contributed by atoms with Crippen molar-refractivity contribution in [2.24, 2.45) is 22.7 Å². The average Bonchev–Trinajstić information content (AvgIpc) is 3.42. The van der Waals surface area contributed by atoms with Crippen LogP contribution < -0.4 is 0 Å². The van der Waals surface area contributed by atoms with Gasteiger partial charge in [-0.1, -0.05) is 191 Å². The Morgan fingerprint density at radius 3 is 0.865 bits per heavy atom. The van der Waals surface area contributed by atoms with E-state index in [0.717, 1.165) is 51.4 Å². The third-order valence-electron chi connectivity index (χ3n) is 14.3. The number of rotatable bonds is 32. The van der Waals surface area contributed by atoms with Crippen molar-refractivity contribution in [1.29, 1.82) is 0 Å². The zero-order valence-corrected chi connectivity index (χ0v) is 50.1. The molecule has 0 radical (unpaired) electrons. The molecule has 4 rings (SSSR count). The first kappa shape index (κ1) is 68.6. The van der Waals surface area contributed by atoms with Gasteiger partial charge in [-0.25, -0.2) is 0 Å². The maximum Gasteiger partial charge on any atom is 0.162 e. The number of ether oxygens (including phenoxy) is 8. The zero-order valence-electron chi connectivity index (χ0n) is 50.1. The maximum absolute atomic E-state index is 5.81. The Kier molecular flexibility index (Phi) is 36.9. The summed E-state index contributed by atoms with van der Waals surface area (Å²) in [5.41, 5.74) is 5.65. The molecule has 0 aliphatic rings. The molecule has 0 amide bonds. The second-order valence-electron chi connectivity index (χ2n) is 21.0. The molecule has 4 aromatic rings. The van der Waals surface area contributed by atoms with Crippen molar-refractivity contribution >= 4 is 0 Å². The monoisotopic (exact) mass is 1030 g/mol. The molecule has 0 aromatic heterocycles. The molecule has 0 saturated heterocycles. The molecule has 0 heterocycles. The minimum absolute atomic E-state index is 0.0000180. The van der Waals surface area contributed by atoms with Gasteiger partial charge in [0.05, 0.1) is 0 Å². The molecule has 0 aliphatic heterocycles. The fourth-order valence-electron chi connectivity index (χ4n) is 10.4. The van der Waals surface area contributed by atoms with Crippen LogP contribution in [0.15, 0.2) is 121 Å². The van der Waals surface area contributed by atoms with Gasteiger partial charge < -0.3 is 37.9 Å². The fourth-order valence-corrected chi connectivity index (χ4v) is 10.4. The smallest absolute Gasteiger partial charge is 0.162 e. The van der Waals surface area contributed by atoms with E-state index < -0.39 is 0 Å². The van der Waals surface area contributed by atoms with E-state index in [1.54, 1.807) is 28.4 Å². The molecule has 0 spiro atoms. The van der Waals surface area contributed by atoms with Crippen molar-refractivity contribution in [2.45, 2.75) is 197 Å². The second kappa shape index (κ2) is 39.9. The Labute approximate surface area is 454 Å². The zero-order chi connectivity index (χ0) is 55.4. The van der Waals surface area contributed by atoms with Crippen LogP contribution in [0.3, 0.4) is 0 Å². The van der Waals surface area contributed by atoms with Crippen molar-refractivity contribution in [3.63, 3.8) is 0 Å². The first-order valence-electron chi connectivity index (χ1n) is 28.3. The first-order valence-corrected chi connectivity index (χ1v) is 28.3. The highest BCUT2D eigenvalue weighted by Gasteiger charge is 2.34. The standard InChI is InChI=1S/C18H30O2.C17H28O2.C16H26O2.C15H24O2/c1-6-15(16-12-10-9-11-13-16)14-18(4,5)17(19-7-2)20-8-3;1-5-15(16-11-9-8-10-12-16)13-14(4)17(18-6-2)19-7-3;1-6-13(14-10-8-7-9-11-14)12-16(2,3)15(17-4)18-5;1-5-13(14-9-7-6-8-10-14)11-12(2)15(16-3)17-4/h9-13,15,17H,6-8,14H2,1-5H3;8-12,14-15,17H,5-7,13H2,1-4H3;7-11,13,15H,6,12H2,1-5H3;6-10,12-13,15H,5,11H2,1-4H3. The minimum Gasteiger partial charge on any atom is -0.356 e. The third kappa shape index (κ3) is 25.6. The molecule has 0 fully saturated rings. The lowest BCUT2D eigenvalue weighted by Gasteiger charge is -2.36. The molecule has 420 valence electrons. The third-order valence-corrected chi connectivity index (χ3v) is 14.3. The van der Waals surface area contributed by atoms with Crippen molar-refractivity contribution in [3.8, 4) is 0 Å². The normalized spacial score (nSPS) is 14.2. The van der Waals surface area contributed by atoms with Crippen molar-refractivity contribution < 1.29 is 37.9 Å². The highest BCUT2D eigenvalue weighted by Crippen LogP contribution is 2.39. The molecule has 0 saturated carbocycles. The van der Waals surface area contributed by atoms with Gasteiger partial charge in [0, 0.05) is 77.5 Å². The van der Waals surface area contributed by atoms with E-state index in [4.69, 9.17) is 37.9 Å². The Morgan fingerprint density at radius 2 is 0.608 bits per heavy atom. The van der Waals surface area contributed by atoms with Gasteiger partial charge in [-0.15, -0.1) is 0 Å². The quantitative estimate of drug-likeness (QED) is 0.0448. The summed E-state index contributed by atoms with van der Waals surface area (Å²) in [6.45, 7) is 33.2. The molecule has 74 heavy (non-hydrogen) atoms. The molecule has 0 bridgehead atoms. The first-order chi connectivity index (χ1) is 35.5. The molecular formula is C66H108O8. The summed E-state index contributed by atoms with van der Waals surface area (Å²) in [6.07, 6.45) is 8.42. The van der Waals surface area contributed by atoms with Gasteiger partial charge >= 0.3 is 0 Å². The summed E-state index contributed by atoms with van der Waals surface area (Å²) in [7, 11) is 6.82. The molecule has 6 atom stereocenters. The molecule has 8 heteroatoms. The molecule has 0 aliphatic carbocycles. The largest absolute Gasteiger partial charge is 0.356 e. The Balaban J connectivity index is 0.000000494. The SMILES string of the molecule is CCC(CC(C)(C)C(OC)OC)c1ccccc1.CCC(CC(C)C(OC)OC)c1ccccc1.CCOC(OCC)C(C)(C)CC(CC)c1ccccc1.CCOC(OCC)C(C)CC(CC)c1ccccc1. The molecule has 8 nitrogen and oxygen atoms in total. The van der Waals surface area contributed by atoms with E-state index in [1.807, 2.05) is 27.7 Å². The predicted molar refractivity (Wildman–Crippen MR) is 312 cm³/mol. The summed E-state index contributed by atoms with van der Waals surface area (Å²) in [5.74, 6) is 3.07. The topological polar surface area (TPSA) is 73.8 Å². The summed E-state index contributed by atoms with van der Waals surface area (Å²) in [4.78, 5) is 0. The van der Waals surface area contributed by atoms with Crippen molar-refractivity contribution in [2.75, 3.05) is 54.9 Å². The van der Waals surface area contributed by atoms with Crippen LogP contribution in [0.1, 0.15) is 194 Å². The van der Waals surface area contributed by atoms with Gasteiger partial charge in [-0.3, -0.25) is 0 Å². The molecular weight excluding hydrogens is 921 g/mol. The van der Waals surface area contributed by atoms with Crippen LogP contribution in [0.4, 0.5) is 0 Å². The van der Waals surface area contributed by atoms with Crippen LogP contribution in [-0.2, 0) is 37.9 Å². The van der Waals surface area contributed by atoms with E-state index in [2.05, 4.69) is 191 Å². The number of hydrogen-bond donors (Lipinski definition) is 0. The van der Waals surface area contributed by atoms with Crippen molar-refractivity contribution in [1.82, 2.24) is 0 Å². The fraction of sp³-hybridized carbons (Fsp3) is 0.636. The summed E-state index contributed by atoms with van der Waals surface area (Å²) < 4.78 is 44.5. The molecule has 4 aromatic carbocycles. The van der Waals surface area contributed by atoms with Gasteiger partial charge in [-0.2, -0.15) is 0 Å². The van der Waals surface area contributed by atoms with E-state index in [9.17, 15) is 0 Å². The lowest BCUT2D eigenvalue weighted by atomic mass is 9.78. The summed E-state index contributed by atoms with van der Waals surface area (Å²) >= 11 is 0. The second-order valence-corrected chi connectivity index (χ2v) is 21.0. The van der Waals surface area contributed by atoms with Crippen LogP contribution in [0.2, 0.25) is 0 Å². The minimum atomic E-state index is -0.157. The average molecular weight is 1030 g/mol. The van der Waals surface area contributed by atoms with Gasteiger partial charge in [0.2, 0.25) is 0 Å². The van der Waals surface area contributed by atoms with Gasteiger partial charge in [0.25, 0.3) is 0 Å². The van der Waals surface area contributed by atoms with Gasteiger partial charge in [0.1, 0.15) is 0 Å². The lowest BCUT2D eigenvalue weighted by molar-refractivity contribution is -0.197. The molecule has 6 unspecified atom stereocenters. The Hall–Kier alpha value is -3.44. The van der Waals surface area contributed by atoms with Gasteiger partial charge in [-0.05, 0) is 125 Å². The molecule has 0 N–H and O–H groups in total. The van der Waals surface area contributed by atoms with Crippen molar-refractivity contribution in [3.05, 3.63) is 144 Å². The highest BCUT2D eigenvalue weighted by atomic mass is 16.7. The summed E-state index contributed by atoms with van der Waals surface area (Å²) in [6, 6.07) is 42.9. The Morgan fingerprint density at radius 1 is 0.338 bits per heavy atom. The number of hydrogen-bond acceptors (Lipinski definition) is 8. The number of methoxy groups -OCH3 is 4. The lowest BCUT2D eigenvalue weighted by Crippen LogP contribution is -2.36. The Bertz CT molecular complexity index is 1840.